The molecule has 2 saturated heterocycles. The van der Waals surface area contributed by atoms with Crippen molar-refractivity contribution in [1.29, 1.82) is 5.26 Å². The maximum atomic E-state index is 13.9. The molecule has 0 unspecified atom stereocenters. The molecule has 6 heteroatoms. The third-order valence-corrected chi connectivity index (χ3v) is 7.97. The molecule has 2 bridgehead atoms. The number of nitrogens with zero attached hydrogens (tertiary/aromatic N) is 3. The highest BCUT2D eigenvalue weighted by Crippen LogP contribution is 2.71. The summed E-state index contributed by atoms with van der Waals surface area (Å²) in [6, 6.07) is 6.20. The van der Waals surface area contributed by atoms with Crippen LogP contribution in [0.2, 0.25) is 0 Å². The lowest BCUT2D eigenvalue weighted by Gasteiger charge is -2.43. The first-order valence-electron chi connectivity index (χ1n) is 10.6. The van der Waals surface area contributed by atoms with Gasteiger partial charge in [-0.25, -0.2) is 4.98 Å². The Bertz CT molecular complexity index is 1200. The van der Waals surface area contributed by atoms with Crippen molar-refractivity contribution in [2.75, 3.05) is 0 Å². The van der Waals surface area contributed by atoms with Crippen molar-refractivity contribution >= 4 is 11.4 Å². The van der Waals surface area contributed by atoms with Gasteiger partial charge in [-0.1, -0.05) is 17.7 Å². The zero-order chi connectivity index (χ0) is 22.3. The smallest absolute Gasteiger partial charge is 0.176 e. The molecule has 1 N–H and O–H groups in total. The summed E-state index contributed by atoms with van der Waals surface area (Å²) < 4.78 is 6.32. The van der Waals surface area contributed by atoms with Gasteiger partial charge in [0, 0.05) is 18.3 Å². The van der Waals surface area contributed by atoms with E-state index in [1.54, 1.807) is 6.20 Å². The number of aliphatic hydroxyl groups excluding tert-OH is 1. The zero-order valence-corrected chi connectivity index (χ0v) is 18.4. The van der Waals surface area contributed by atoms with Crippen molar-refractivity contribution in [2.24, 2.45) is 10.8 Å². The van der Waals surface area contributed by atoms with Crippen molar-refractivity contribution in [2.45, 2.75) is 59.2 Å². The van der Waals surface area contributed by atoms with E-state index in [1.165, 1.54) is 6.20 Å². The van der Waals surface area contributed by atoms with E-state index >= 15 is 0 Å². The maximum absolute atomic E-state index is 13.9. The molecule has 1 aliphatic carbocycles. The molecule has 1 aromatic heterocycles. The lowest BCUT2D eigenvalue weighted by molar-refractivity contribution is -0.127. The Morgan fingerprint density at radius 3 is 2.42 bits per heavy atom. The van der Waals surface area contributed by atoms with E-state index in [-0.39, 0.29) is 29.3 Å². The number of allylic oxidation sites excluding steroid dienone is 1. The van der Waals surface area contributed by atoms with Crippen LogP contribution in [-0.2, 0) is 9.53 Å². The van der Waals surface area contributed by atoms with Crippen LogP contribution in [0.3, 0.4) is 0 Å². The molecule has 5 rings (SSSR count). The molecule has 0 amide bonds. The van der Waals surface area contributed by atoms with Crippen molar-refractivity contribution in [1.82, 2.24) is 9.97 Å². The number of rotatable bonds is 2. The molecule has 3 heterocycles. The molecule has 2 fully saturated rings. The van der Waals surface area contributed by atoms with E-state index in [1.807, 2.05) is 46.8 Å². The number of aliphatic hydroxyl groups is 1. The van der Waals surface area contributed by atoms with Crippen LogP contribution in [0.25, 0.3) is 5.57 Å². The number of hydrogen-bond acceptors (Lipinski definition) is 6. The lowest BCUT2D eigenvalue weighted by atomic mass is 9.55. The molecular weight excluding hydrogens is 390 g/mol. The Labute approximate surface area is 181 Å². The third kappa shape index (κ3) is 2.22. The van der Waals surface area contributed by atoms with Crippen LogP contribution < -0.4 is 0 Å². The van der Waals surface area contributed by atoms with Crippen LogP contribution >= 0.6 is 0 Å². The monoisotopic (exact) mass is 415 g/mol. The SMILES string of the molecule is Cc1cc(C)c(C2=C(O)[C@]3(C)[C@@H]4O[C@@H](C[C@H]4c4nccnc4C#N)[C@]3(C)C2=O)c(C)c1. The second kappa shape index (κ2) is 6.24. The van der Waals surface area contributed by atoms with Gasteiger partial charge in [-0.2, -0.15) is 5.26 Å². The number of hydrogen-bond donors (Lipinski definition) is 1. The van der Waals surface area contributed by atoms with E-state index < -0.39 is 16.9 Å². The van der Waals surface area contributed by atoms with Gasteiger partial charge in [0.15, 0.2) is 11.5 Å². The highest BCUT2D eigenvalue weighted by molar-refractivity contribution is 6.28. The van der Waals surface area contributed by atoms with Gasteiger partial charge < -0.3 is 9.84 Å². The molecule has 5 atom stereocenters. The van der Waals surface area contributed by atoms with E-state index in [0.717, 1.165) is 22.3 Å². The second-order valence-corrected chi connectivity index (χ2v) is 9.52. The first-order valence-corrected chi connectivity index (χ1v) is 10.6. The number of Topliss-reactive ketones (excluding diaryl/α,β-unsaturated/α-hetero) is 1. The number of carbonyl (C=O) groups excluding carboxylic acids is 1. The standard InChI is InChI=1S/C25H25N3O3/c1-12-8-13(2)18(14(3)9-12)19-21(29)24(4)17-10-15(20-16(11-26)27-6-7-28-20)23(31-17)25(24,5)22(19)30/h6-9,15,17,23,30H,10H2,1-5H3/t15-,17-,23+,24+,25+/m0/s1. The van der Waals surface area contributed by atoms with Gasteiger partial charge in [0.1, 0.15) is 11.8 Å². The summed E-state index contributed by atoms with van der Waals surface area (Å²) in [5, 5.41) is 21.1. The predicted octanol–water partition coefficient (Wildman–Crippen LogP) is 4.09. The highest BCUT2D eigenvalue weighted by atomic mass is 16.5. The number of aromatic nitrogens is 2. The maximum Gasteiger partial charge on any atom is 0.176 e. The van der Waals surface area contributed by atoms with Crippen molar-refractivity contribution in [3.63, 3.8) is 0 Å². The number of fused-ring (bicyclic) bond motifs is 5. The van der Waals surface area contributed by atoms with Crippen LogP contribution in [0.15, 0.2) is 30.3 Å². The Hall–Kier alpha value is -3.04. The summed E-state index contributed by atoms with van der Waals surface area (Å²) in [7, 11) is 0. The zero-order valence-electron chi connectivity index (χ0n) is 18.4. The molecular formula is C25H25N3O3. The fourth-order valence-electron chi connectivity index (χ4n) is 6.38. The van der Waals surface area contributed by atoms with Crippen LogP contribution in [0.1, 0.15) is 59.8 Å². The van der Waals surface area contributed by atoms with E-state index in [9.17, 15) is 15.2 Å². The Balaban J connectivity index is 1.69. The number of nitriles is 1. The first-order chi connectivity index (χ1) is 14.7. The normalized spacial score (nSPS) is 33.7. The number of ketones is 1. The summed E-state index contributed by atoms with van der Waals surface area (Å²) in [6.07, 6.45) is 2.82. The van der Waals surface area contributed by atoms with Crippen LogP contribution in [-0.4, -0.2) is 33.1 Å². The van der Waals surface area contributed by atoms with Crippen molar-refractivity contribution < 1.29 is 14.6 Å². The van der Waals surface area contributed by atoms with Gasteiger partial charge in [-0.15, -0.1) is 0 Å². The Morgan fingerprint density at radius 2 is 1.77 bits per heavy atom. The fraction of sp³-hybridized carbons (Fsp3) is 0.440. The number of aryl methyl sites for hydroxylation is 3. The molecule has 0 saturated carbocycles. The first kappa shape index (κ1) is 19.9. The third-order valence-electron chi connectivity index (χ3n) is 7.97. The summed E-state index contributed by atoms with van der Waals surface area (Å²) in [5.41, 5.74) is 3.39. The van der Waals surface area contributed by atoms with Crippen molar-refractivity contribution in [3.05, 3.63) is 63.9 Å². The molecule has 1 aromatic carbocycles. The van der Waals surface area contributed by atoms with Gasteiger partial charge in [0.05, 0.1) is 34.3 Å². The molecule has 6 nitrogen and oxygen atoms in total. The second-order valence-electron chi connectivity index (χ2n) is 9.52. The van der Waals surface area contributed by atoms with E-state index in [2.05, 4.69) is 16.0 Å². The molecule has 0 spiro atoms. The minimum absolute atomic E-state index is 0.0619. The molecule has 158 valence electrons. The molecule has 3 aliphatic rings. The fourth-order valence-corrected chi connectivity index (χ4v) is 6.38. The summed E-state index contributed by atoms with van der Waals surface area (Å²) in [6.45, 7) is 9.83. The quantitative estimate of drug-likeness (QED) is 0.793. The average molecular weight is 415 g/mol. The van der Waals surface area contributed by atoms with Crippen LogP contribution in [0.5, 0.6) is 0 Å². The molecule has 0 radical (unpaired) electrons. The number of benzene rings is 1. The minimum atomic E-state index is -0.902. The summed E-state index contributed by atoms with van der Waals surface area (Å²) in [4.78, 5) is 22.5. The number of carbonyl (C=O) groups is 1. The predicted molar refractivity (Wildman–Crippen MR) is 114 cm³/mol. The average Bonchev–Trinajstić information content (AvgIpc) is 3.31. The van der Waals surface area contributed by atoms with Gasteiger partial charge in [-0.05, 0) is 57.7 Å². The number of ether oxygens (including phenoxy) is 1. The van der Waals surface area contributed by atoms with Crippen LogP contribution in [0.4, 0.5) is 0 Å². The Morgan fingerprint density at radius 1 is 1.13 bits per heavy atom. The Kier molecular flexibility index (Phi) is 4.00. The summed E-state index contributed by atoms with van der Waals surface area (Å²) in [5.74, 6) is -0.177. The van der Waals surface area contributed by atoms with Crippen molar-refractivity contribution in [3.8, 4) is 6.07 Å². The lowest BCUT2D eigenvalue weighted by Crippen LogP contribution is -2.50. The molecule has 2 aliphatic heterocycles. The van der Waals surface area contributed by atoms with Crippen LogP contribution in [0, 0.1) is 42.9 Å². The van der Waals surface area contributed by atoms with E-state index in [0.29, 0.717) is 17.7 Å². The largest absolute Gasteiger partial charge is 0.511 e. The molecule has 31 heavy (non-hydrogen) atoms. The molecule has 2 aromatic rings. The van der Waals surface area contributed by atoms with Gasteiger partial charge in [-0.3, -0.25) is 9.78 Å². The van der Waals surface area contributed by atoms with Gasteiger partial charge >= 0.3 is 0 Å². The minimum Gasteiger partial charge on any atom is -0.511 e. The topological polar surface area (TPSA) is 96.1 Å². The highest BCUT2D eigenvalue weighted by Gasteiger charge is 2.76. The summed E-state index contributed by atoms with van der Waals surface area (Å²) >= 11 is 0. The van der Waals surface area contributed by atoms with Gasteiger partial charge in [0.2, 0.25) is 0 Å². The van der Waals surface area contributed by atoms with E-state index in [4.69, 9.17) is 4.74 Å². The van der Waals surface area contributed by atoms with Gasteiger partial charge in [0.25, 0.3) is 0 Å².